The molecule has 1 fully saturated rings. The molecule has 0 bridgehead atoms. The lowest BCUT2D eigenvalue weighted by Gasteiger charge is -2.42. The first-order valence-corrected chi connectivity index (χ1v) is 13.8. The molecular weight excluding hydrogens is 572 g/mol. The van der Waals surface area contributed by atoms with Crippen molar-refractivity contribution in [1.29, 1.82) is 0 Å². The molecule has 13 heteroatoms. The van der Waals surface area contributed by atoms with Crippen LogP contribution in [0.15, 0.2) is 70.8 Å². The molecule has 44 heavy (non-hydrogen) atoms. The zero-order valence-electron chi connectivity index (χ0n) is 23.8. The Bertz CT molecular complexity index is 1800. The van der Waals surface area contributed by atoms with Crippen molar-refractivity contribution in [3.63, 3.8) is 0 Å². The van der Waals surface area contributed by atoms with Crippen LogP contribution < -0.4 is 9.80 Å². The van der Waals surface area contributed by atoms with Gasteiger partial charge in [0.05, 0.1) is 27.4 Å². The topological polar surface area (TPSA) is 181 Å². The number of anilines is 2. The van der Waals surface area contributed by atoms with Crippen molar-refractivity contribution in [2.45, 2.75) is 25.7 Å². The lowest BCUT2D eigenvalue weighted by atomic mass is 9.59. The second-order valence-electron chi connectivity index (χ2n) is 11.6. The monoisotopic (exact) mass is 598 g/mol. The molecule has 0 saturated carbocycles. The summed E-state index contributed by atoms with van der Waals surface area (Å²) < 4.78 is 0. The molecule has 2 aromatic carbocycles. The van der Waals surface area contributed by atoms with Gasteiger partial charge in [-0.3, -0.25) is 39.4 Å². The van der Waals surface area contributed by atoms with E-state index in [9.17, 15) is 44.5 Å². The number of ketones is 2. The number of hydrogen-bond donors (Lipinski definition) is 1. The van der Waals surface area contributed by atoms with Gasteiger partial charge in [-0.05, 0) is 49.5 Å². The number of Topliss-reactive ketones (excluding diaryl/α,β-unsaturated/α-hetero) is 1. The van der Waals surface area contributed by atoms with Crippen molar-refractivity contribution in [2.24, 2.45) is 17.8 Å². The molecule has 0 aromatic heterocycles. The summed E-state index contributed by atoms with van der Waals surface area (Å²) in [6, 6.07) is 8.26. The fourth-order valence-corrected chi connectivity index (χ4v) is 7.18. The van der Waals surface area contributed by atoms with Gasteiger partial charge in [-0.25, -0.2) is 4.90 Å². The number of imide groups is 1. The fraction of sp³-hybridized carbons (Fsp3) is 0.290. The van der Waals surface area contributed by atoms with Gasteiger partial charge in [0.25, 0.3) is 0 Å². The highest BCUT2D eigenvalue weighted by atomic mass is 16.6. The van der Waals surface area contributed by atoms with Crippen molar-refractivity contribution in [3.8, 4) is 5.75 Å². The van der Waals surface area contributed by atoms with E-state index in [4.69, 9.17) is 0 Å². The number of benzene rings is 2. The van der Waals surface area contributed by atoms with Gasteiger partial charge < -0.3 is 10.0 Å². The standard InChI is InChI=1S/C31H26N4O9/c1-14-9-24(37)27-21(29(14)38)13-20-18(25(27)15-5-4-6-17(36)10-15)7-8-19-26(20)31(40)33(30(19)39)16-11-22(34(41)42)28(32(2)3)23(12-16)35(43)44/h4-7,9-12,19-20,25-26,36H,8,13H2,1-3H3/t19-,20+,25-,26-/m0/s1. The van der Waals surface area contributed by atoms with Crippen LogP contribution >= 0.6 is 0 Å². The van der Waals surface area contributed by atoms with Gasteiger partial charge >= 0.3 is 11.4 Å². The van der Waals surface area contributed by atoms with E-state index in [2.05, 4.69) is 0 Å². The molecule has 0 spiro atoms. The quantitative estimate of drug-likeness (QED) is 0.174. The number of carbonyl (C=O) groups excluding carboxylic acids is 4. The number of hydrogen-bond acceptors (Lipinski definition) is 10. The minimum absolute atomic E-state index is 0.0140. The first kappa shape index (κ1) is 28.6. The third-order valence-electron chi connectivity index (χ3n) is 8.92. The number of fused-ring (bicyclic) bond motifs is 3. The highest BCUT2D eigenvalue weighted by Crippen LogP contribution is 2.56. The molecule has 1 heterocycles. The number of nitro groups is 2. The van der Waals surface area contributed by atoms with Crippen LogP contribution in [0.4, 0.5) is 22.7 Å². The number of nitro benzene ring substituents is 2. The Morgan fingerprint density at radius 1 is 0.955 bits per heavy atom. The van der Waals surface area contributed by atoms with E-state index < -0.39 is 56.7 Å². The van der Waals surface area contributed by atoms with E-state index in [1.165, 1.54) is 44.1 Å². The van der Waals surface area contributed by atoms with Gasteiger partial charge in [-0.15, -0.1) is 0 Å². The molecule has 224 valence electrons. The maximum absolute atomic E-state index is 14.2. The molecule has 4 aliphatic rings. The first-order chi connectivity index (χ1) is 20.8. The summed E-state index contributed by atoms with van der Waals surface area (Å²) in [5, 5.41) is 34.2. The zero-order chi connectivity index (χ0) is 31.8. The Morgan fingerprint density at radius 2 is 1.61 bits per heavy atom. The molecule has 2 aromatic rings. The maximum Gasteiger partial charge on any atom is 0.301 e. The van der Waals surface area contributed by atoms with Crippen molar-refractivity contribution in [1.82, 2.24) is 0 Å². The molecule has 1 aliphatic heterocycles. The van der Waals surface area contributed by atoms with E-state index in [0.29, 0.717) is 11.1 Å². The third-order valence-corrected chi connectivity index (χ3v) is 8.92. The number of allylic oxidation sites excluding steroid dienone is 6. The van der Waals surface area contributed by atoms with Gasteiger partial charge in [0, 0.05) is 48.9 Å². The van der Waals surface area contributed by atoms with Gasteiger partial charge in [0.15, 0.2) is 17.3 Å². The number of amides is 2. The normalized spacial score (nSPS) is 24.4. The summed E-state index contributed by atoms with van der Waals surface area (Å²) in [5.74, 6) is -5.41. The number of phenolic OH excluding ortho intramolecular Hbond substituents is 1. The predicted octanol–water partition coefficient (Wildman–Crippen LogP) is 3.91. The summed E-state index contributed by atoms with van der Waals surface area (Å²) in [6.45, 7) is 1.53. The van der Waals surface area contributed by atoms with Crippen LogP contribution in [-0.2, 0) is 19.2 Å². The lowest BCUT2D eigenvalue weighted by molar-refractivity contribution is -0.392. The first-order valence-electron chi connectivity index (χ1n) is 13.8. The molecule has 13 nitrogen and oxygen atoms in total. The number of carbonyl (C=O) groups is 4. The molecule has 4 atom stereocenters. The summed E-state index contributed by atoms with van der Waals surface area (Å²) in [5.41, 5.74) is 0.110. The average molecular weight is 599 g/mol. The average Bonchev–Trinajstić information content (AvgIpc) is 3.23. The van der Waals surface area contributed by atoms with Crippen LogP contribution in [0, 0.1) is 38.0 Å². The minimum Gasteiger partial charge on any atom is -0.508 e. The number of nitrogens with zero attached hydrogens (tertiary/aromatic N) is 4. The Balaban J connectivity index is 1.48. The molecule has 1 saturated heterocycles. The van der Waals surface area contributed by atoms with Crippen LogP contribution in [0.2, 0.25) is 0 Å². The van der Waals surface area contributed by atoms with E-state index in [1.54, 1.807) is 18.2 Å². The van der Waals surface area contributed by atoms with Crippen molar-refractivity contribution < 1.29 is 34.1 Å². The van der Waals surface area contributed by atoms with Crippen LogP contribution in [0.5, 0.6) is 5.75 Å². The highest BCUT2D eigenvalue weighted by Gasteiger charge is 2.57. The lowest BCUT2D eigenvalue weighted by Crippen LogP contribution is -2.39. The van der Waals surface area contributed by atoms with Gasteiger partial charge in [0.2, 0.25) is 11.8 Å². The molecule has 2 amide bonds. The van der Waals surface area contributed by atoms with Crippen molar-refractivity contribution in [3.05, 3.63) is 96.6 Å². The van der Waals surface area contributed by atoms with E-state index in [1.807, 2.05) is 0 Å². The number of aromatic hydroxyl groups is 1. The summed E-state index contributed by atoms with van der Waals surface area (Å²) in [6.07, 6.45) is 3.20. The fourth-order valence-electron chi connectivity index (χ4n) is 7.18. The summed E-state index contributed by atoms with van der Waals surface area (Å²) >= 11 is 0. The minimum atomic E-state index is -0.989. The second-order valence-corrected chi connectivity index (χ2v) is 11.6. The van der Waals surface area contributed by atoms with E-state index in [0.717, 1.165) is 17.0 Å². The van der Waals surface area contributed by atoms with E-state index in [-0.39, 0.29) is 58.3 Å². The Morgan fingerprint density at radius 3 is 2.20 bits per heavy atom. The molecule has 6 rings (SSSR count). The van der Waals surface area contributed by atoms with Gasteiger partial charge in [0.1, 0.15) is 5.75 Å². The summed E-state index contributed by atoms with van der Waals surface area (Å²) in [4.78, 5) is 79.0. The maximum atomic E-state index is 14.2. The Labute approximate surface area is 250 Å². The van der Waals surface area contributed by atoms with Crippen molar-refractivity contribution in [2.75, 3.05) is 23.9 Å². The van der Waals surface area contributed by atoms with Crippen molar-refractivity contribution >= 4 is 46.1 Å². The number of phenols is 1. The van der Waals surface area contributed by atoms with Crippen LogP contribution in [0.25, 0.3) is 0 Å². The van der Waals surface area contributed by atoms with E-state index >= 15 is 0 Å². The van der Waals surface area contributed by atoms with Gasteiger partial charge in [-0.2, -0.15) is 0 Å². The summed E-state index contributed by atoms with van der Waals surface area (Å²) in [7, 11) is 2.82. The highest BCUT2D eigenvalue weighted by molar-refractivity contribution is 6.25. The third kappa shape index (κ3) is 4.14. The molecular formula is C31H26N4O9. The zero-order valence-corrected chi connectivity index (χ0v) is 23.8. The van der Waals surface area contributed by atoms with Crippen LogP contribution in [0.3, 0.4) is 0 Å². The Kier molecular flexibility index (Phi) is 6.56. The predicted molar refractivity (Wildman–Crippen MR) is 156 cm³/mol. The second kappa shape index (κ2) is 10.1. The molecule has 0 unspecified atom stereocenters. The Hall–Kier alpha value is -5.46. The largest absolute Gasteiger partial charge is 0.508 e. The van der Waals surface area contributed by atoms with Crippen LogP contribution in [0.1, 0.15) is 31.2 Å². The SMILES string of the molecule is CC1=CC(=O)C2=C(C[C@@H]3C(=CC[C@@H]4C(=O)N(c5cc([N+](=O)[O-])c(N(C)C)c([N+](=O)[O-])c5)C(=O)[C@@H]43)[C@@H]2c2cccc(O)c2)C1=O. The molecule has 3 aliphatic carbocycles. The number of rotatable bonds is 5. The van der Waals surface area contributed by atoms with Gasteiger partial charge in [-0.1, -0.05) is 23.8 Å². The van der Waals surface area contributed by atoms with Crippen LogP contribution in [-0.4, -0.2) is 52.4 Å². The molecule has 0 radical (unpaired) electrons. The smallest absolute Gasteiger partial charge is 0.301 e. The molecule has 1 N–H and O–H groups in total.